The highest BCUT2D eigenvalue weighted by Gasteiger charge is 2.14. The third-order valence-corrected chi connectivity index (χ3v) is 6.93. The fraction of sp³-hybridized carbons (Fsp3) is 0.0435. The molecule has 0 bridgehead atoms. The highest BCUT2D eigenvalue weighted by atomic mass is 79.9. The molecular formula is C23H18BrClN4O3S. The van der Waals surface area contributed by atoms with Crippen molar-refractivity contribution >= 4 is 55.1 Å². The number of halogens is 2. The van der Waals surface area contributed by atoms with Gasteiger partial charge < -0.3 is 0 Å². The maximum atomic E-state index is 12.8. The lowest BCUT2D eigenvalue weighted by molar-refractivity contribution is 0.601. The van der Waals surface area contributed by atoms with Crippen LogP contribution in [-0.2, 0) is 10.0 Å². The van der Waals surface area contributed by atoms with E-state index in [0.29, 0.717) is 33.3 Å². The molecule has 4 rings (SSSR count). The Labute approximate surface area is 203 Å². The van der Waals surface area contributed by atoms with Crippen LogP contribution in [0.15, 0.2) is 92.0 Å². The third-order valence-electron chi connectivity index (χ3n) is 4.77. The van der Waals surface area contributed by atoms with Gasteiger partial charge in [-0.25, -0.2) is 13.1 Å². The number of sulfonamides is 1. The van der Waals surface area contributed by atoms with E-state index in [1.165, 1.54) is 23.0 Å². The summed E-state index contributed by atoms with van der Waals surface area (Å²) in [7, 11) is -3.74. The number of benzene rings is 3. The smallest absolute Gasteiger partial charge is 0.280 e. The maximum absolute atomic E-state index is 12.8. The van der Waals surface area contributed by atoms with Crippen LogP contribution in [0.2, 0.25) is 5.02 Å². The van der Waals surface area contributed by atoms with E-state index in [1.54, 1.807) is 67.6 Å². The van der Waals surface area contributed by atoms with Gasteiger partial charge in [0.05, 0.1) is 21.8 Å². The van der Waals surface area contributed by atoms with E-state index in [2.05, 4.69) is 30.7 Å². The Bertz CT molecular complexity index is 1490. The molecule has 0 unspecified atom stereocenters. The molecule has 0 amide bonds. The predicted octanol–water partition coefficient (Wildman–Crippen LogP) is 5.44. The first-order valence-corrected chi connectivity index (χ1v) is 12.4. The molecule has 2 N–H and O–H groups in total. The van der Waals surface area contributed by atoms with Crippen molar-refractivity contribution in [1.29, 1.82) is 0 Å². The van der Waals surface area contributed by atoms with Crippen molar-refractivity contribution < 1.29 is 8.42 Å². The topological polar surface area (TPSA) is 96.3 Å². The first-order valence-electron chi connectivity index (χ1n) is 9.73. The lowest BCUT2D eigenvalue weighted by Gasteiger charge is -2.08. The largest absolute Gasteiger partial charge is 0.295 e. The molecule has 0 aliphatic rings. The number of aromatic nitrogens is 2. The van der Waals surface area contributed by atoms with Crippen molar-refractivity contribution in [1.82, 2.24) is 9.78 Å². The van der Waals surface area contributed by atoms with Crippen LogP contribution in [0, 0.1) is 6.92 Å². The summed E-state index contributed by atoms with van der Waals surface area (Å²) in [5, 5.41) is 3.53. The average Bonchev–Trinajstić information content (AvgIpc) is 3.07. The van der Waals surface area contributed by atoms with Crippen LogP contribution in [0.25, 0.3) is 5.69 Å². The fourth-order valence-electron chi connectivity index (χ4n) is 3.09. The van der Waals surface area contributed by atoms with Gasteiger partial charge in [-0.2, -0.15) is 0 Å². The van der Waals surface area contributed by atoms with Crippen molar-refractivity contribution in [2.45, 2.75) is 11.8 Å². The van der Waals surface area contributed by atoms with Gasteiger partial charge in [-0.15, -0.1) is 0 Å². The molecule has 0 saturated carbocycles. The molecule has 4 aromatic rings. The van der Waals surface area contributed by atoms with Crippen LogP contribution in [-0.4, -0.2) is 24.4 Å². The zero-order chi connectivity index (χ0) is 23.6. The molecule has 10 heteroatoms. The van der Waals surface area contributed by atoms with Gasteiger partial charge in [0.1, 0.15) is 0 Å². The van der Waals surface area contributed by atoms with Gasteiger partial charge in [0.15, 0.2) is 0 Å². The average molecular weight is 546 g/mol. The molecule has 0 fully saturated rings. The Morgan fingerprint density at radius 3 is 2.42 bits per heavy atom. The number of aryl methyl sites for hydroxylation is 1. The molecule has 1 heterocycles. The van der Waals surface area contributed by atoms with Crippen molar-refractivity contribution in [2.75, 3.05) is 4.72 Å². The number of rotatable bonds is 6. The van der Waals surface area contributed by atoms with Crippen LogP contribution in [0.4, 0.5) is 11.4 Å². The Balaban J connectivity index is 1.54. The fourth-order valence-corrected chi connectivity index (χ4v) is 4.60. The number of anilines is 1. The lowest BCUT2D eigenvalue weighted by atomic mass is 10.2. The van der Waals surface area contributed by atoms with Crippen molar-refractivity contribution in [3.8, 4) is 5.69 Å². The number of H-pyrrole nitrogens is 1. The Morgan fingerprint density at radius 2 is 1.76 bits per heavy atom. The molecule has 0 aliphatic carbocycles. The summed E-state index contributed by atoms with van der Waals surface area (Å²) in [6.07, 6.45) is 1.46. The maximum Gasteiger partial charge on any atom is 0.280 e. The Kier molecular flexibility index (Phi) is 6.55. The van der Waals surface area contributed by atoms with E-state index in [0.717, 1.165) is 4.47 Å². The summed E-state index contributed by atoms with van der Waals surface area (Å²) in [6.45, 7) is 1.77. The van der Waals surface area contributed by atoms with Gasteiger partial charge in [-0.1, -0.05) is 33.6 Å². The van der Waals surface area contributed by atoms with Crippen molar-refractivity contribution in [3.63, 3.8) is 0 Å². The number of hydrogen-bond donors (Lipinski definition) is 2. The molecular weight excluding hydrogens is 528 g/mol. The summed E-state index contributed by atoms with van der Waals surface area (Å²) >= 11 is 9.34. The Morgan fingerprint density at radius 1 is 1.06 bits per heavy atom. The second kappa shape index (κ2) is 9.38. The number of nitrogens with one attached hydrogen (secondary N) is 2. The summed E-state index contributed by atoms with van der Waals surface area (Å²) < 4.78 is 30.0. The van der Waals surface area contributed by atoms with Crippen LogP contribution in [0.3, 0.4) is 0 Å². The second-order valence-electron chi connectivity index (χ2n) is 7.14. The number of nitrogens with zero attached hydrogens (tertiary/aromatic N) is 2. The number of aromatic amines is 1. The first kappa shape index (κ1) is 23.0. The third kappa shape index (κ3) is 5.27. The molecule has 0 saturated heterocycles. The van der Waals surface area contributed by atoms with E-state index >= 15 is 0 Å². The van der Waals surface area contributed by atoms with Crippen LogP contribution >= 0.6 is 27.5 Å². The minimum absolute atomic E-state index is 0.102. The van der Waals surface area contributed by atoms with E-state index < -0.39 is 10.0 Å². The highest BCUT2D eigenvalue weighted by Crippen LogP contribution is 2.21. The monoisotopic (exact) mass is 544 g/mol. The first-order chi connectivity index (χ1) is 15.7. The Hall–Kier alpha value is -3.14. The van der Waals surface area contributed by atoms with Gasteiger partial charge in [0, 0.05) is 27.1 Å². The molecule has 3 aromatic carbocycles. The van der Waals surface area contributed by atoms with Crippen molar-refractivity contribution in [2.24, 2.45) is 4.99 Å². The summed E-state index contributed by atoms with van der Waals surface area (Å²) in [6, 6.07) is 19.8. The zero-order valence-corrected chi connectivity index (χ0v) is 20.4. The highest BCUT2D eigenvalue weighted by molar-refractivity contribution is 9.10. The zero-order valence-electron chi connectivity index (χ0n) is 17.3. The van der Waals surface area contributed by atoms with Crippen molar-refractivity contribution in [3.05, 3.63) is 104 Å². The lowest BCUT2D eigenvalue weighted by Crippen LogP contribution is -2.17. The molecule has 168 valence electrons. The van der Waals surface area contributed by atoms with Gasteiger partial charge in [-0.3, -0.25) is 19.6 Å². The quantitative estimate of drug-likeness (QED) is 0.316. The van der Waals surface area contributed by atoms with Gasteiger partial charge in [0.25, 0.3) is 15.6 Å². The molecule has 33 heavy (non-hydrogen) atoms. The minimum atomic E-state index is -3.74. The van der Waals surface area contributed by atoms with Crippen LogP contribution < -0.4 is 10.3 Å². The second-order valence-corrected chi connectivity index (χ2v) is 10.2. The molecule has 7 nitrogen and oxygen atoms in total. The number of hydrogen-bond acceptors (Lipinski definition) is 4. The summed E-state index contributed by atoms with van der Waals surface area (Å²) in [5.74, 6) is 0. The van der Waals surface area contributed by atoms with E-state index in [-0.39, 0.29) is 10.5 Å². The minimum Gasteiger partial charge on any atom is -0.295 e. The standard InChI is InChI=1S/C23H18BrClN4O3S/c1-15-22(23(30)29(27-15)20-4-2-3-17(25)13-20)14-26-18-9-11-21(12-10-18)33(31,32)28-19-7-5-16(24)6-8-19/h2-14,27-28H,1H3. The normalized spacial score (nSPS) is 11.7. The number of aliphatic imine (C=N–C) groups is 1. The van der Waals surface area contributed by atoms with E-state index in [4.69, 9.17) is 11.6 Å². The van der Waals surface area contributed by atoms with Crippen LogP contribution in [0.5, 0.6) is 0 Å². The van der Waals surface area contributed by atoms with Gasteiger partial charge in [0.2, 0.25) is 0 Å². The molecule has 0 atom stereocenters. The SMILES string of the molecule is Cc1[nH]n(-c2cccc(Cl)c2)c(=O)c1C=Nc1ccc(S(=O)(=O)Nc2ccc(Br)cc2)cc1. The summed E-state index contributed by atoms with van der Waals surface area (Å²) in [5.41, 5.74) is 2.34. The van der Waals surface area contributed by atoms with Gasteiger partial charge >= 0.3 is 0 Å². The molecule has 0 radical (unpaired) electrons. The molecule has 0 spiro atoms. The van der Waals surface area contributed by atoms with Gasteiger partial charge in [-0.05, 0) is 73.7 Å². The molecule has 0 aliphatic heterocycles. The predicted molar refractivity (Wildman–Crippen MR) is 135 cm³/mol. The van der Waals surface area contributed by atoms with E-state index in [9.17, 15) is 13.2 Å². The summed E-state index contributed by atoms with van der Waals surface area (Å²) in [4.78, 5) is 17.2. The van der Waals surface area contributed by atoms with E-state index in [1.807, 2.05) is 0 Å². The van der Waals surface area contributed by atoms with Crippen LogP contribution in [0.1, 0.15) is 11.3 Å². The molecule has 1 aromatic heterocycles.